The van der Waals surface area contributed by atoms with Gasteiger partial charge in [-0.1, -0.05) is 38.5 Å². The summed E-state index contributed by atoms with van der Waals surface area (Å²) < 4.78 is 0. The molecule has 0 spiro atoms. The molecule has 0 unspecified atom stereocenters. The monoisotopic (exact) mass is 248 g/mol. The number of nitrogens with zero attached hydrogens (tertiary/aromatic N) is 1. The highest BCUT2D eigenvalue weighted by Crippen LogP contribution is 2.14. The van der Waals surface area contributed by atoms with Gasteiger partial charge in [-0.2, -0.15) is 0 Å². The molecule has 1 aromatic rings. The van der Waals surface area contributed by atoms with Gasteiger partial charge in [0, 0.05) is 18.8 Å². The van der Waals surface area contributed by atoms with Gasteiger partial charge in [-0.15, -0.1) is 0 Å². The van der Waals surface area contributed by atoms with Crippen LogP contribution in [0.2, 0.25) is 0 Å². The minimum atomic E-state index is 1.08. The predicted octanol–water partition coefficient (Wildman–Crippen LogP) is 3.68. The highest BCUT2D eigenvalue weighted by Gasteiger charge is 2.04. The number of nitrogens with one attached hydrogen (secondary N) is 1. The zero-order valence-corrected chi connectivity index (χ0v) is 12.0. The van der Waals surface area contributed by atoms with Gasteiger partial charge in [-0.05, 0) is 44.5 Å². The van der Waals surface area contributed by atoms with Gasteiger partial charge in [-0.3, -0.25) is 0 Å². The van der Waals surface area contributed by atoms with Crippen molar-refractivity contribution in [3.8, 4) is 0 Å². The Hall–Kier alpha value is -1.02. The molecular weight excluding hydrogens is 220 g/mol. The summed E-state index contributed by atoms with van der Waals surface area (Å²) in [6.45, 7) is 9.01. The largest absolute Gasteiger partial charge is 0.372 e. The normalized spacial score (nSPS) is 10.6. The zero-order chi connectivity index (χ0) is 13.1. The Kier molecular flexibility index (Phi) is 8.32. The minimum absolute atomic E-state index is 1.08. The third kappa shape index (κ3) is 6.06. The van der Waals surface area contributed by atoms with Gasteiger partial charge in [-0.25, -0.2) is 0 Å². The van der Waals surface area contributed by atoms with Crippen molar-refractivity contribution in [1.29, 1.82) is 0 Å². The van der Waals surface area contributed by atoms with Crippen LogP contribution >= 0.6 is 0 Å². The Bertz CT molecular complexity index is 284. The Morgan fingerprint density at radius 3 is 2.33 bits per heavy atom. The van der Waals surface area contributed by atoms with E-state index in [4.69, 9.17) is 0 Å². The van der Waals surface area contributed by atoms with E-state index in [1.54, 1.807) is 0 Å². The molecule has 0 aromatic heterocycles. The average Bonchev–Trinajstić information content (AvgIpc) is 2.43. The van der Waals surface area contributed by atoms with Crippen LogP contribution in [0.1, 0.15) is 39.5 Å². The van der Waals surface area contributed by atoms with Gasteiger partial charge in [0.2, 0.25) is 0 Å². The first-order chi connectivity index (χ1) is 8.88. The molecule has 1 rings (SSSR count). The SMILES string of the molecule is CCCCN(CCCCNCC)c1ccccc1. The molecule has 0 saturated carbocycles. The maximum Gasteiger partial charge on any atom is 0.0366 e. The van der Waals surface area contributed by atoms with Crippen molar-refractivity contribution >= 4 is 5.69 Å². The van der Waals surface area contributed by atoms with Crippen LogP contribution in [0.5, 0.6) is 0 Å². The van der Waals surface area contributed by atoms with Crippen molar-refractivity contribution in [2.75, 3.05) is 31.1 Å². The van der Waals surface area contributed by atoms with Gasteiger partial charge >= 0.3 is 0 Å². The second kappa shape index (κ2) is 9.95. The van der Waals surface area contributed by atoms with E-state index in [0.717, 1.165) is 13.1 Å². The second-order valence-corrected chi connectivity index (χ2v) is 4.74. The minimum Gasteiger partial charge on any atom is -0.372 e. The molecule has 2 nitrogen and oxygen atoms in total. The molecule has 0 atom stereocenters. The highest BCUT2D eigenvalue weighted by molar-refractivity contribution is 5.45. The van der Waals surface area contributed by atoms with Gasteiger partial charge in [0.1, 0.15) is 0 Å². The summed E-state index contributed by atoms with van der Waals surface area (Å²) in [5.41, 5.74) is 1.37. The highest BCUT2D eigenvalue weighted by atomic mass is 15.1. The van der Waals surface area contributed by atoms with E-state index in [0.29, 0.717) is 0 Å². The molecule has 1 aromatic carbocycles. The maximum absolute atomic E-state index is 3.39. The molecule has 0 aliphatic carbocycles. The van der Waals surface area contributed by atoms with E-state index in [2.05, 4.69) is 54.4 Å². The standard InChI is InChI=1S/C16H28N2/c1-3-5-14-18(15-10-9-13-17-4-2)16-11-7-6-8-12-16/h6-8,11-12,17H,3-5,9-10,13-15H2,1-2H3. The van der Waals surface area contributed by atoms with Crippen LogP contribution < -0.4 is 10.2 Å². The van der Waals surface area contributed by atoms with Gasteiger partial charge in [0.25, 0.3) is 0 Å². The van der Waals surface area contributed by atoms with Gasteiger partial charge in [0.05, 0.1) is 0 Å². The number of benzene rings is 1. The lowest BCUT2D eigenvalue weighted by Gasteiger charge is -2.24. The smallest absolute Gasteiger partial charge is 0.0366 e. The number of hydrogen-bond donors (Lipinski definition) is 1. The van der Waals surface area contributed by atoms with Crippen molar-refractivity contribution in [3.63, 3.8) is 0 Å². The van der Waals surface area contributed by atoms with E-state index in [1.165, 1.54) is 44.5 Å². The molecule has 102 valence electrons. The van der Waals surface area contributed by atoms with E-state index in [-0.39, 0.29) is 0 Å². The first-order valence-corrected chi connectivity index (χ1v) is 7.39. The van der Waals surface area contributed by atoms with E-state index >= 15 is 0 Å². The van der Waals surface area contributed by atoms with Crippen LogP contribution in [0.15, 0.2) is 30.3 Å². The molecule has 0 fully saturated rings. The van der Waals surface area contributed by atoms with Crippen LogP contribution in [0.25, 0.3) is 0 Å². The summed E-state index contributed by atoms with van der Waals surface area (Å²) in [5, 5.41) is 3.39. The summed E-state index contributed by atoms with van der Waals surface area (Å²) in [4.78, 5) is 2.52. The lowest BCUT2D eigenvalue weighted by molar-refractivity contribution is 0.617. The Morgan fingerprint density at radius 2 is 1.67 bits per heavy atom. The fourth-order valence-electron chi connectivity index (χ4n) is 2.09. The van der Waals surface area contributed by atoms with E-state index in [1.807, 2.05) is 0 Å². The topological polar surface area (TPSA) is 15.3 Å². The fraction of sp³-hybridized carbons (Fsp3) is 0.625. The Balaban J connectivity index is 2.36. The molecule has 0 heterocycles. The lowest BCUT2D eigenvalue weighted by atomic mass is 10.2. The fourth-order valence-corrected chi connectivity index (χ4v) is 2.09. The second-order valence-electron chi connectivity index (χ2n) is 4.74. The molecule has 0 bridgehead atoms. The quantitative estimate of drug-likeness (QED) is 0.635. The lowest BCUT2D eigenvalue weighted by Crippen LogP contribution is -2.26. The average molecular weight is 248 g/mol. The molecule has 0 saturated heterocycles. The molecule has 0 aliphatic heterocycles. The van der Waals surface area contributed by atoms with E-state index < -0.39 is 0 Å². The maximum atomic E-state index is 3.39. The van der Waals surface area contributed by atoms with Crippen LogP contribution in [-0.4, -0.2) is 26.2 Å². The number of hydrogen-bond acceptors (Lipinski definition) is 2. The van der Waals surface area contributed by atoms with Crippen molar-refractivity contribution in [1.82, 2.24) is 5.32 Å². The number of para-hydroxylation sites is 1. The Morgan fingerprint density at radius 1 is 0.944 bits per heavy atom. The number of unbranched alkanes of at least 4 members (excludes halogenated alkanes) is 2. The van der Waals surface area contributed by atoms with Gasteiger partial charge < -0.3 is 10.2 Å². The van der Waals surface area contributed by atoms with Gasteiger partial charge in [0.15, 0.2) is 0 Å². The summed E-state index contributed by atoms with van der Waals surface area (Å²) in [7, 11) is 0. The Labute approximate surface area is 112 Å². The first kappa shape index (κ1) is 15.0. The van der Waals surface area contributed by atoms with Crippen LogP contribution in [-0.2, 0) is 0 Å². The van der Waals surface area contributed by atoms with Crippen LogP contribution in [0, 0.1) is 0 Å². The molecule has 0 radical (unpaired) electrons. The molecule has 0 amide bonds. The third-order valence-corrected chi connectivity index (χ3v) is 3.18. The van der Waals surface area contributed by atoms with Crippen molar-refractivity contribution in [3.05, 3.63) is 30.3 Å². The molecular formula is C16H28N2. The summed E-state index contributed by atoms with van der Waals surface area (Å²) in [6.07, 6.45) is 5.08. The molecule has 2 heteroatoms. The van der Waals surface area contributed by atoms with Crippen LogP contribution in [0.3, 0.4) is 0 Å². The van der Waals surface area contributed by atoms with E-state index in [9.17, 15) is 0 Å². The number of anilines is 1. The van der Waals surface area contributed by atoms with Crippen molar-refractivity contribution in [2.45, 2.75) is 39.5 Å². The third-order valence-electron chi connectivity index (χ3n) is 3.18. The zero-order valence-electron chi connectivity index (χ0n) is 12.0. The summed E-state index contributed by atoms with van der Waals surface area (Å²) in [5.74, 6) is 0. The molecule has 18 heavy (non-hydrogen) atoms. The summed E-state index contributed by atoms with van der Waals surface area (Å²) >= 11 is 0. The summed E-state index contributed by atoms with van der Waals surface area (Å²) in [6, 6.07) is 10.8. The first-order valence-electron chi connectivity index (χ1n) is 7.39. The van der Waals surface area contributed by atoms with Crippen LogP contribution in [0.4, 0.5) is 5.69 Å². The van der Waals surface area contributed by atoms with Crippen molar-refractivity contribution < 1.29 is 0 Å². The molecule has 0 aliphatic rings. The molecule has 1 N–H and O–H groups in total. The van der Waals surface area contributed by atoms with Crippen molar-refractivity contribution in [2.24, 2.45) is 0 Å². The number of rotatable bonds is 10. The predicted molar refractivity (Wildman–Crippen MR) is 81.3 cm³/mol.